The van der Waals surface area contributed by atoms with Crippen LogP contribution in [0.2, 0.25) is 0 Å². The van der Waals surface area contributed by atoms with Gasteiger partial charge in [-0.25, -0.2) is 8.42 Å². The highest BCUT2D eigenvalue weighted by Gasteiger charge is 2.44. The lowest BCUT2D eigenvalue weighted by Crippen LogP contribution is -2.55. The van der Waals surface area contributed by atoms with Gasteiger partial charge in [-0.1, -0.05) is 50.8 Å². The van der Waals surface area contributed by atoms with Crippen molar-refractivity contribution in [1.29, 1.82) is 0 Å². The maximum absolute atomic E-state index is 13.0. The average molecular weight is 504 g/mol. The Bertz CT molecular complexity index is 800. The fraction of sp³-hybridized carbons (Fsp3) is 0.913. The van der Waals surface area contributed by atoms with E-state index in [1.54, 1.807) is 0 Å². The molecule has 0 aromatic rings. The minimum atomic E-state index is -3.52. The molecule has 0 bridgehead atoms. The third-order valence-corrected chi connectivity index (χ3v) is 11.1. The highest BCUT2D eigenvalue weighted by molar-refractivity contribution is 8.15. The smallest absolute Gasteiger partial charge is 0.260 e. The summed E-state index contributed by atoms with van der Waals surface area (Å²) in [7, 11) is -3.52. The number of amidine groups is 1. The lowest BCUT2D eigenvalue weighted by molar-refractivity contribution is -0.119. The summed E-state index contributed by atoms with van der Waals surface area (Å²) in [5.74, 6) is 1.29. The van der Waals surface area contributed by atoms with Crippen LogP contribution in [-0.2, 0) is 14.8 Å². The normalized spacial score (nSPS) is 35.6. The molecule has 1 N–H and O–H groups in total. The van der Waals surface area contributed by atoms with Crippen molar-refractivity contribution in [2.24, 2.45) is 16.2 Å². The van der Waals surface area contributed by atoms with Gasteiger partial charge in [-0.15, -0.1) is 16.0 Å². The molecule has 1 heterocycles. The molecule has 5 atom stereocenters. The lowest BCUT2D eigenvalue weighted by atomic mass is 9.87. The Kier molecular flexibility index (Phi) is 8.36. The second kappa shape index (κ2) is 10.9. The molecule has 9 heteroatoms. The SMILES string of the molecule is CC1CCC(NC(=O)CSC2=NS(=O)(=O)C3CCCCC3N2CC2CCCCC2)C(Cl)C1. The Morgan fingerprint density at radius 2 is 1.81 bits per heavy atom. The summed E-state index contributed by atoms with van der Waals surface area (Å²) in [5, 5.41) is 3.20. The number of amides is 1. The first-order valence-electron chi connectivity index (χ1n) is 12.5. The van der Waals surface area contributed by atoms with E-state index in [2.05, 4.69) is 21.5 Å². The third-order valence-electron chi connectivity index (χ3n) is 7.79. The molecule has 32 heavy (non-hydrogen) atoms. The molecular formula is C23H38ClN3O3S2. The molecule has 0 saturated heterocycles. The van der Waals surface area contributed by atoms with Gasteiger partial charge in [0.1, 0.15) is 5.25 Å². The van der Waals surface area contributed by atoms with E-state index in [4.69, 9.17) is 11.6 Å². The summed E-state index contributed by atoms with van der Waals surface area (Å²) in [4.78, 5) is 15.0. The summed E-state index contributed by atoms with van der Waals surface area (Å²) in [6, 6.07) is 0.00449. The lowest BCUT2D eigenvalue weighted by Gasteiger charge is -2.45. The molecular weight excluding hydrogens is 466 g/mol. The van der Waals surface area contributed by atoms with Gasteiger partial charge in [0.2, 0.25) is 5.91 Å². The predicted molar refractivity (Wildman–Crippen MR) is 133 cm³/mol. The fourth-order valence-electron chi connectivity index (χ4n) is 5.98. The van der Waals surface area contributed by atoms with Crippen LogP contribution in [0.4, 0.5) is 0 Å². The minimum Gasteiger partial charge on any atom is -0.351 e. The number of rotatable bonds is 5. The van der Waals surface area contributed by atoms with E-state index in [1.165, 1.54) is 43.9 Å². The highest BCUT2D eigenvalue weighted by atomic mass is 35.5. The van der Waals surface area contributed by atoms with E-state index < -0.39 is 10.0 Å². The minimum absolute atomic E-state index is 0.000870. The second-order valence-electron chi connectivity index (χ2n) is 10.3. The van der Waals surface area contributed by atoms with Gasteiger partial charge in [-0.05, 0) is 56.8 Å². The molecule has 0 aromatic carbocycles. The number of hydrogen-bond acceptors (Lipinski definition) is 5. The van der Waals surface area contributed by atoms with Crippen LogP contribution in [0.5, 0.6) is 0 Å². The van der Waals surface area contributed by atoms with Crippen molar-refractivity contribution in [3.63, 3.8) is 0 Å². The van der Waals surface area contributed by atoms with Gasteiger partial charge in [0.05, 0.1) is 11.1 Å². The highest BCUT2D eigenvalue weighted by Crippen LogP contribution is 2.37. The van der Waals surface area contributed by atoms with Gasteiger partial charge in [-0.3, -0.25) is 4.79 Å². The number of carbonyl (C=O) groups excluding carboxylic acids is 1. The Balaban J connectivity index is 1.43. The van der Waals surface area contributed by atoms with Crippen molar-refractivity contribution in [1.82, 2.24) is 10.2 Å². The molecule has 3 fully saturated rings. The van der Waals surface area contributed by atoms with Crippen LogP contribution in [0.25, 0.3) is 0 Å². The number of halogens is 1. The van der Waals surface area contributed by atoms with Gasteiger partial charge in [0.15, 0.2) is 5.17 Å². The zero-order valence-corrected chi connectivity index (χ0v) is 21.6. The van der Waals surface area contributed by atoms with Crippen LogP contribution in [-0.4, -0.2) is 59.4 Å². The monoisotopic (exact) mass is 503 g/mol. The van der Waals surface area contributed by atoms with Crippen LogP contribution in [0, 0.1) is 11.8 Å². The Morgan fingerprint density at radius 1 is 1.09 bits per heavy atom. The Labute approximate surface area is 202 Å². The van der Waals surface area contributed by atoms with Crippen LogP contribution in [0.3, 0.4) is 0 Å². The average Bonchev–Trinajstić information content (AvgIpc) is 2.77. The molecule has 1 amide bonds. The number of alkyl halides is 1. The van der Waals surface area contributed by atoms with E-state index in [-0.39, 0.29) is 34.4 Å². The summed E-state index contributed by atoms with van der Waals surface area (Å²) in [6.07, 6.45) is 12.7. The maximum atomic E-state index is 13.0. The Morgan fingerprint density at radius 3 is 2.56 bits per heavy atom. The molecule has 5 unspecified atom stereocenters. The maximum Gasteiger partial charge on any atom is 0.260 e. The summed E-state index contributed by atoms with van der Waals surface area (Å²) < 4.78 is 30.2. The van der Waals surface area contributed by atoms with E-state index in [0.717, 1.165) is 45.1 Å². The van der Waals surface area contributed by atoms with Crippen molar-refractivity contribution in [2.45, 2.75) is 107 Å². The number of hydrogen-bond donors (Lipinski definition) is 1. The molecule has 182 valence electrons. The summed E-state index contributed by atoms with van der Waals surface area (Å²) >= 11 is 7.78. The first kappa shape index (κ1) is 24.6. The van der Waals surface area contributed by atoms with Crippen molar-refractivity contribution in [3.8, 4) is 0 Å². The molecule has 0 aromatic heterocycles. The van der Waals surface area contributed by atoms with Crippen molar-refractivity contribution in [2.75, 3.05) is 12.3 Å². The Hall–Kier alpha value is -0.470. The number of nitrogens with zero attached hydrogens (tertiary/aromatic N) is 2. The zero-order valence-electron chi connectivity index (χ0n) is 19.2. The second-order valence-corrected chi connectivity index (χ2v) is 13.7. The van der Waals surface area contributed by atoms with Crippen LogP contribution in [0.1, 0.15) is 84.0 Å². The molecule has 4 rings (SSSR count). The molecule has 3 saturated carbocycles. The van der Waals surface area contributed by atoms with Gasteiger partial charge in [0.25, 0.3) is 10.0 Å². The molecule has 3 aliphatic carbocycles. The van der Waals surface area contributed by atoms with E-state index in [0.29, 0.717) is 23.4 Å². The quantitative estimate of drug-likeness (QED) is 0.558. The number of sulfonamides is 1. The van der Waals surface area contributed by atoms with Crippen molar-refractivity contribution < 1.29 is 13.2 Å². The topological polar surface area (TPSA) is 78.8 Å². The van der Waals surface area contributed by atoms with Crippen LogP contribution in [0.15, 0.2) is 4.40 Å². The first-order chi connectivity index (χ1) is 15.3. The van der Waals surface area contributed by atoms with Crippen molar-refractivity contribution in [3.05, 3.63) is 0 Å². The van der Waals surface area contributed by atoms with E-state index in [9.17, 15) is 13.2 Å². The van der Waals surface area contributed by atoms with Crippen molar-refractivity contribution >= 4 is 44.5 Å². The molecule has 6 nitrogen and oxygen atoms in total. The molecule has 1 aliphatic heterocycles. The largest absolute Gasteiger partial charge is 0.351 e. The number of thioether (sulfide) groups is 1. The van der Waals surface area contributed by atoms with Gasteiger partial charge in [0, 0.05) is 18.6 Å². The van der Waals surface area contributed by atoms with Gasteiger partial charge >= 0.3 is 0 Å². The molecule has 4 aliphatic rings. The van der Waals surface area contributed by atoms with Crippen LogP contribution < -0.4 is 5.32 Å². The number of carbonyl (C=O) groups is 1. The van der Waals surface area contributed by atoms with Gasteiger partial charge in [-0.2, -0.15) is 0 Å². The number of nitrogens with one attached hydrogen (secondary N) is 1. The standard InChI is InChI=1S/C23H38ClN3O3S2/c1-16-11-12-19(18(24)13-16)25-22(28)15-31-23-26-32(29,30)21-10-6-5-9-20(21)27(23)14-17-7-3-2-4-8-17/h16-21H,2-15H2,1H3,(H,25,28). The summed E-state index contributed by atoms with van der Waals surface area (Å²) in [6.45, 7) is 3.07. The summed E-state index contributed by atoms with van der Waals surface area (Å²) in [5.41, 5.74) is 0. The fourth-order valence-corrected chi connectivity index (χ4v) is 9.31. The molecule has 0 spiro atoms. The van der Waals surface area contributed by atoms with Gasteiger partial charge < -0.3 is 10.2 Å². The van der Waals surface area contributed by atoms with Crippen LogP contribution >= 0.6 is 23.4 Å². The molecule has 0 radical (unpaired) electrons. The van der Waals surface area contributed by atoms with E-state index >= 15 is 0 Å². The first-order valence-corrected chi connectivity index (χ1v) is 15.4. The number of fused-ring (bicyclic) bond motifs is 1. The predicted octanol–water partition coefficient (Wildman–Crippen LogP) is 4.52. The third kappa shape index (κ3) is 5.96. The zero-order chi connectivity index (χ0) is 22.7. The van der Waals surface area contributed by atoms with E-state index in [1.807, 2.05) is 0 Å².